The predicted octanol–water partition coefficient (Wildman–Crippen LogP) is 6.08. The zero-order chi connectivity index (χ0) is 25.6. The average Bonchev–Trinajstić information content (AvgIpc) is 3.28. The summed E-state index contributed by atoms with van der Waals surface area (Å²) in [5.41, 5.74) is 5.29. The van der Waals surface area contributed by atoms with Crippen LogP contribution in [0.25, 0.3) is 11.0 Å². The molecule has 1 fully saturated rings. The molecule has 0 amide bonds. The van der Waals surface area contributed by atoms with Gasteiger partial charge in [-0.05, 0) is 68.1 Å². The minimum Gasteiger partial charge on any atom is -0.460 e. The summed E-state index contributed by atoms with van der Waals surface area (Å²) in [7, 11) is 0. The van der Waals surface area contributed by atoms with Crippen LogP contribution in [0.2, 0.25) is 0 Å². The normalized spacial score (nSPS) is 13.6. The molecule has 6 nitrogen and oxygen atoms in total. The Balaban J connectivity index is 1.47. The number of aryl methyl sites for hydroxylation is 1. The molecule has 0 unspecified atom stereocenters. The maximum Gasteiger partial charge on any atom is 0.374 e. The predicted molar refractivity (Wildman–Crippen MR) is 152 cm³/mol. The number of ether oxygens (including phenoxy) is 1. The second kappa shape index (κ2) is 11.8. The van der Waals surface area contributed by atoms with Gasteiger partial charge in [-0.1, -0.05) is 42.5 Å². The molecular formula is C30H33N3O3S. The Bertz CT molecular complexity index is 1350. The fourth-order valence-electron chi connectivity index (χ4n) is 4.71. The van der Waals surface area contributed by atoms with Crippen LogP contribution in [0.15, 0.2) is 82.1 Å². The molecule has 37 heavy (non-hydrogen) atoms. The van der Waals surface area contributed by atoms with E-state index in [1.54, 1.807) is 18.9 Å². The Morgan fingerprint density at radius 2 is 1.81 bits per heavy atom. The number of fused-ring (bicyclic) bond motifs is 1. The number of furan rings is 1. The van der Waals surface area contributed by atoms with Crippen molar-refractivity contribution >= 4 is 40.3 Å². The Morgan fingerprint density at radius 1 is 1.05 bits per heavy atom. The summed E-state index contributed by atoms with van der Waals surface area (Å²) in [6.07, 6.45) is 0.934. The fourth-order valence-corrected chi connectivity index (χ4v) is 5.70. The molecule has 4 aromatic rings. The standard InChI is InChI=1S/C30H33N3O3S/c1-3-35-30(34)29-22(2)25-21-24(13-14-28(25)36-29)37-33(18-15-23-9-5-4-6-10-23)27-12-8-7-11-26(27)32-19-16-31-17-20-32/h4-14,21,31H,3,15-20H2,1-2H3. The van der Waals surface area contributed by atoms with Crippen molar-refractivity contribution in [2.75, 3.05) is 48.5 Å². The smallest absolute Gasteiger partial charge is 0.374 e. The number of benzene rings is 3. The van der Waals surface area contributed by atoms with E-state index in [1.807, 2.05) is 13.0 Å². The molecule has 3 aromatic carbocycles. The van der Waals surface area contributed by atoms with E-state index in [9.17, 15) is 4.79 Å². The highest BCUT2D eigenvalue weighted by molar-refractivity contribution is 8.00. The number of hydrogen-bond acceptors (Lipinski definition) is 7. The van der Waals surface area contributed by atoms with Gasteiger partial charge in [0.1, 0.15) is 5.58 Å². The lowest BCUT2D eigenvalue weighted by molar-refractivity contribution is 0.0491. The third-order valence-electron chi connectivity index (χ3n) is 6.64. The monoisotopic (exact) mass is 515 g/mol. The van der Waals surface area contributed by atoms with Crippen LogP contribution in [0.3, 0.4) is 0 Å². The van der Waals surface area contributed by atoms with Gasteiger partial charge in [0.2, 0.25) is 5.76 Å². The maximum atomic E-state index is 12.4. The number of nitrogens with zero attached hydrogens (tertiary/aromatic N) is 2. The van der Waals surface area contributed by atoms with E-state index in [0.717, 1.165) is 55.0 Å². The fraction of sp³-hybridized carbons (Fsp3) is 0.300. The van der Waals surface area contributed by atoms with Gasteiger partial charge in [-0.25, -0.2) is 4.79 Å². The molecule has 0 bridgehead atoms. The van der Waals surface area contributed by atoms with Gasteiger partial charge in [0.15, 0.2) is 0 Å². The largest absolute Gasteiger partial charge is 0.460 e. The summed E-state index contributed by atoms with van der Waals surface area (Å²) in [6.45, 7) is 8.85. The van der Waals surface area contributed by atoms with Gasteiger partial charge in [-0.3, -0.25) is 0 Å². The number of anilines is 2. The highest BCUT2D eigenvalue weighted by atomic mass is 32.2. The van der Waals surface area contributed by atoms with E-state index in [0.29, 0.717) is 12.2 Å². The van der Waals surface area contributed by atoms with Crippen LogP contribution in [0, 0.1) is 6.92 Å². The van der Waals surface area contributed by atoms with E-state index >= 15 is 0 Å². The first kappa shape index (κ1) is 25.2. The molecule has 1 aromatic heterocycles. The van der Waals surface area contributed by atoms with Crippen LogP contribution >= 0.6 is 11.9 Å². The van der Waals surface area contributed by atoms with Crippen molar-refractivity contribution in [1.29, 1.82) is 0 Å². The zero-order valence-corrected chi connectivity index (χ0v) is 22.2. The summed E-state index contributed by atoms with van der Waals surface area (Å²) in [6, 6.07) is 25.4. The van der Waals surface area contributed by atoms with Gasteiger partial charge in [-0.2, -0.15) is 0 Å². The summed E-state index contributed by atoms with van der Waals surface area (Å²) < 4.78 is 13.4. The molecule has 0 saturated carbocycles. The molecule has 1 aliphatic heterocycles. The minimum atomic E-state index is -0.417. The number of para-hydroxylation sites is 2. The van der Waals surface area contributed by atoms with Crippen LogP contribution < -0.4 is 14.5 Å². The lowest BCUT2D eigenvalue weighted by Gasteiger charge is -2.34. The Labute approximate surface area is 222 Å². The number of hydrogen-bond donors (Lipinski definition) is 1. The van der Waals surface area contributed by atoms with Crippen molar-refractivity contribution in [1.82, 2.24) is 5.32 Å². The molecule has 0 radical (unpaired) electrons. The third-order valence-corrected chi connectivity index (χ3v) is 7.70. The molecule has 192 valence electrons. The van der Waals surface area contributed by atoms with Crippen LogP contribution in [0.4, 0.5) is 11.4 Å². The zero-order valence-electron chi connectivity index (χ0n) is 21.4. The van der Waals surface area contributed by atoms with E-state index in [4.69, 9.17) is 9.15 Å². The third kappa shape index (κ3) is 5.78. The number of carbonyl (C=O) groups excluding carboxylic acids is 1. The summed E-state index contributed by atoms with van der Waals surface area (Å²) >= 11 is 1.72. The quantitative estimate of drug-likeness (QED) is 0.214. The van der Waals surface area contributed by atoms with Crippen LogP contribution in [-0.2, 0) is 11.2 Å². The molecule has 7 heteroatoms. The second-order valence-corrected chi connectivity index (χ2v) is 10.2. The van der Waals surface area contributed by atoms with E-state index < -0.39 is 5.97 Å². The lowest BCUT2D eigenvalue weighted by Crippen LogP contribution is -2.44. The highest BCUT2D eigenvalue weighted by Gasteiger charge is 2.21. The molecule has 0 spiro atoms. The van der Waals surface area contributed by atoms with E-state index in [1.165, 1.54) is 16.9 Å². The van der Waals surface area contributed by atoms with Crippen molar-refractivity contribution in [3.8, 4) is 0 Å². The van der Waals surface area contributed by atoms with Crippen LogP contribution in [0.1, 0.15) is 28.6 Å². The number of esters is 1. The number of piperazine rings is 1. The second-order valence-electron chi connectivity index (χ2n) is 9.09. The molecule has 0 aliphatic carbocycles. The van der Waals surface area contributed by atoms with Crippen LogP contribution in [0.5, 0.6) is 0 Å². The van der Waals surface area contributed by atoms with E-state index in [-0.39, 0.29) is 5.76 Å². The van der Waals surface area contributed by atoms with Gasteiger partial charge in [0.05, 0.1) is 18.0 Å². The van der Waals surface area contributed by atoms with Crippen molar-refractivity contribution in [3.63, 3.8) is 0 Å². The average molecular weight is 516 g/mol. The van der Waals surface area contributed by atoms with Gasteiger partial charge in [0.25, 0.3) is 0 Å². The SMILES string of the molecule is CCOC(=O)c1oc2ccc(SN(CCc3ccccc3)c3ccccc3N3CCNCC3)cc2c1C. The number of nitrogens with one attached hydrogen (secondary N) is 1. The Hall–Kier alpha value is -3.42. The lowest BCUT2D eigenvalue weighted by atomic mass is 10.1. The number of rotatable bonds is 9. The number of carbonyl (C=O) groups is 1. The first-order chi connectivity index (χ1) is 18.1. The molecule has 1 saturated heterocycles. The molecule has 1 aliphatic rings. The first-order valence-corrected chi connectivity index (χ1v) is 13.7. The van der Waals surface area contributed by atoms with Gasteiger partial charge in [-0.15, -0.1) is 0 Å². The van der Waals surface area contributed by atoms with Gasteiger partial charge < -0.3 is 23.7 Å². The summed E-state index contributed by atoms with van der Waals surface area (Å²) in [4.78, 5) is 15.9. The first-order valence-electron chi connectivity index (χ1n) is 12.9. The molecular weight excluding hydrogens is 482 g/mol. The molecule has 2 heterocycles. The molecule has 0 atom stereocenters. The minimum absolute atomic E-state index is 0.281. The summed E-state index contributed by atoms with van der Waals surface area (Å²) in [5, 5.41) is 4.39. The Morgan fingerprint density at radius 3 is 2.59 bits per heavy atom. The maximum absolute atomic E-state index is 12.4. The van der Waals surface area contributed by atoms with Crippen molar-refractivity contribution in [3.05, 3.63) is 89.7 Å². The molecule has 5 rings (SSSR count). The Kier molecular flexibility index (Phi) is 8.02. The summed E-state index contributed by atoms with van der Waals surface area (Å²) in [5.74, 6) is -0.135. The van der Waals surface area contributed by atoms with Crippen molar-refractivity contribution < 1.29 is 13.9 Å². The van der Waals surface area contributed by atoms with Crippen LogP contribution in [-0.4, -0.2) is 45.3 Å². The van der Waals surface area contributed by atoms with Gasteiger partial charge in [0, 0.05) is 48.6 Å². The van der Waals surface area contributed by atoms with E-state index in [2.05, 4.69) is 81.3 Å². The molecule has 1 N–H and O–H groups in total. The van der Waals surface area contributed by atoms with Gasteiger partial charge >= 0.3 is 5.97 Å². The van der Waals surface area contributed by atoms with Crippen molar-refractivity contribution in [2.24, 2.45) is 0 Å². The van der Waals surface area contributed by atoms with Crippen molar-refractivity contribution in [2.45, 2.75) is 25.2 Å². The highest BCUT2D eigenvalue weighted by Crippen LogP contribution is 2.38. The topological polar surface area (TPSA) is 58.0 Å².